The fourth-order valence-corrected chi connectivity index (χ4v) is 10.7. The molecule has 11 aromatic carbocycles. The highest BCUT2D eigenvalue weighted by atomic mass is 32.1. The normalized spacial score (nSPS) is 12.1. The van der Waals surface area contributed by atoms with Crippen LogP contribution in [0.4, 0.5) is 0 Å². The molecule has 0 fully saturated rings. The smallest absolute Gasteiger partial charge is 0.164 e. The number of nitrogens with zero attached hydrogens (tertiary/aromatic N) is 3. The molecule has 0 aliphatic carbocycles. The Labute approximate surface area is 342 Å². The highest BCUT2D eigenvalue weighted by Gasteiger charge is 2.22. The van der Waals surface area contributed by atoms with Gasteiger partial charge >= 0.3 is 0 Å². The number of fused-ring (bicyclic) bond motifs is 15. The standard InChI is InChI=1S/C55H31N3S/c1-2-13-34-27-38(24-21-32(34)11-1)53-56-54(39-25-26-41-37(28-39)23-22-33-12-5-6-16-40(33)41)58-55(57-53)48-31-46-44-19-8-7-17-42(44)43-18-9-10-20-45(43)50(46)52-51(48)47-29-35-14-3-4-15-36(35)30-49(47)59-52/h1-31H. The van der Waals surface area contributed by atoms with Crippen molar-refractivity contribution in [3.8, 4) is 34.2 Å². The highest BCUT2D eigenvalue weighted by molar-refractivity contribution is 7.27. The summed E-state index contributed by atoms with van der Waals surface area (Å²) in [6.45, 7) is 0. The summed E-state index contributed by atoms with van der Waals surface area (Å²) in [5.41, 5.74) is 2.91. The van der Waals surface area contributed by atoms with E-state index in [1.54, 1.807) is 0 Å². The Bertz CT molecular complexity index is 3920. The second-order valence-electron chi connectivity index (χ2n) is 15.5. The molecular formula is C55H31N3S. The SMILES string of the molecule is c1ccc2cc(-c3nc(-c4ccc5c(ccc6ccccc65)c4)nc(-c4cc5c6ccccc6c6ccccc6c5c5sc6cc7ccccc7cc6c45)n3)ccc2c1. The summed E-state index contributed by atoms with van der Waals surface area (Å²) >= 11 is 1.87. The summed E-state index contributed by atoms with van der Waals surface area (Å²) in [5.74, 6) is 1.96. The first-order valence-corrected chi connectivity index (χ1v) is 20.8. The lowest BCUT2D eigenvalue weighted by Crippen LogP contribution is -2.01. The van der Waals surface area contributed by atoms with E-state index in [1.165, 1.54) is 84.8 Å². The van der Waals surface area contributed by atoms with Gasteiger partial charge in [-0.25, -0.2) is 15.0 Å². The molecule has 0 aliphatic rings. The van der Waals surface area contributed by atoms with Gasteiger partial charge in [-0.1, -0.05) is 158 Å². The molecule has 13 rings (SSSR count). The van der Waals surface area contributed by atoms with Crippen LogP contribution in [0.15, 0.2) is 188 Å². The lowest BCUT2D eigenvalue weighted by Gasteiger charge is -2.15. The van der Waals surface area contributed by atoms with Crippen LogP contribution in [0.25, 0.3) is 130 Å². The van der Waals surface area contributed by atoms with Gasteiger partial charge in [0.2, 0.25) is 0 Å². The Morgan fingerprint density at radius 3 is 1.53 bits per heavy atom. The lowest BCUT2D eigenvalue weighted by molar-refractivity contribution is 1.08. The average molecular weight is 766 g/mol. The van der Waals surface area contributed by atoms with Crippen LogP contribution in [-0.4, -0.2) is 15.0 Å². The molecule has 272 valence electrons. The zero-order valence-corrected chi connectivity index (χ0v) is 32.5. The molecule has 0 atom stereocenters. The predicted molar refractivity (Wildman–Crippen MR) is 252 cm³/mol. The van der Waals surface area contributed by atoms with Crippen molar-refractivity contribution in [1.82, 2.24) is 15.0 Å². The number of hydrogen-bond acceptors (Lipinski definition) is 4. The summed E-state index contributed by atoms with van der Waals surface area (Å²) in [5, 5.41) is 19.4. The van der Waals surface area contributed by atoms with E-state index in [4.69, 9.17) is 15.0 Å². The third kappa shape index (κ3) is 4.97. The molecule has 0 saturated heterocycles. The first-order valence-electron chi connectivity index (χ1n) is 20.0. The molecule has 4 heteroatoms. The molecule has 13 aromatic rings. The van der Waals surface area contributed by atoms with E-state index in [2.05, 4.69) is 188 Å². The summed E-state index contributed by atoms with van der Waals surface area (Å²) in [4.78, 5) is 16.2. The van der Waals surface area contributed by atoms with E-state index < -0.39 is 0 Å². The fraction of sp³-hybridized carbons (Fsp3) is 0. The predicted octanol–water partition coefficient (Wildman–Crippen LogP) is 15.3. The molecule has 0 saturated carbocycles. The minimum Gasteiger partial charge on any atom is -0.208 e. The third-order valence-electron chi connectivity index (χ3n) is 12.2. The number of thiophene rings is 1. The fourth-order valence-electron chi connectivity index (χ4n) is 9.42. The van der Waals surface area contributed by atoms with Crippen molar-refractivity contribution in [3.05, 3.63) is 188 Å². The molecule has 0 amide bonds. The molecular weight excluding hydrogens is 735 g/mol. The minimum absolute atomic E-state index is 0.648. The van der Waals surface area contributed by atoms with Crippen LogP contribution in [0.5, 0.6) is 0 Å². The molecule has 0 unspecified atom stereocenters. The van der Waals surface area contributed by atoms with E-state index in [9.17, 15) is 0 Å². The van der Waals surface area contributed by atoms with E-state index >= 15 is 0 Å². The van der Waals surface area contributed by atoms with Gasteiger partial charge < -0.3 is 0 Å². The summed E-state index contributed by atoms with van der Waals surface area (Å²) < 4.78 is 2.49. The second-order valence-corrected chi connectivity index (χ2v) is 16.6. The Balaban J connectivity index is 1.17. The van der Waals surface area contributed by atoms with Gasteiger partial charge in [-0.05, 0) is 100 Å². The van der Waals surface area contributed by atoms with Gasteiger partial charge in [0.1, 0.15) is 0 Å². The maximum Gasteiger partial charge on any atom is 0.164 e. The van der Waals surface area contributed by atoms with E-state index in [0.29, 0.717) is 17.5 Å². The minimum atomic E-state index is 0.648. The molecule has 0 bridgehead atoms. The van der Waals surface area contributed by atoms with E-state index in [-0.39, 0.29) is 0 Å². The van der Waals surface area contributed by atoms with Crippen molar-refractivity contribution in [3.63, 3.8) is 0 Å². The monoisotopic (exact) mass is 765 g/mol. The number of rotatable bonds is 3. The topological polar surface area (TPSA) is 38.7 Å². The van der Waals surface area contributed by atoms with Gasteiger partial charge in [-0.2, -0.15) is 0 Å². The molecule has 2 heterocycles. The molecule has 0 spiro atoms. The average Bonchev–Trinajstić information content (AvgIpc) is 3.68. The van der Waals surface area contributed by atoms with Gasteiger partial charge in [-0.3, -0.25) is 0 Å². The lowest BCUT2D eigenvalue weighted by atomic mass is 9.91. The van der Waals surface area contributed by atoms with Crippen molar-refractivity contribution in [2.45, 2.75) is 0 Å². The second kappa shape index (κ2) is 12.5. The van der Waals surface area contributed by atoms with Crippen LogP contribution < -0.4 is 0 Å². The quantitative estimate of drug-likeness (QED) is 0.168. The van der Waals surface area contributed by atoms with Crippen molar-refractivity contribution < 1.29 is 0 Å². The van der Waals surface area contributed by atoms with Crippen LogP contribution in [-0.2, 0) is 0 Å². The molecule has 0 radical (unpaired) electrons. The summed E-state index contributed by atoms with van der Waals surface area (Å²) in [6, 6.07) is 68.0. The van der Waals surface area contributed by atoms with Gasteiger partial charge in [0.05, 0.1) is 0 Å². The van der Waals surface area contributed by atoms with Crippen molar-refractivity contribution in [1.29, 1.82) is 0 Å². The maximum atomic E-state index is 5.46. The highest BCUT2D eigenvalue weighted by Crippen LogP contribution is 2.49. The first-order chi connectivity index (χ1) is 29.2. The first kappa shape index (κ1) is 32.5. The summed E-state index contributed by atoms with van der Waals surface area (Å²) in [6.07, 6.45) is 0. The number of hydrogen-bond donors (Lipinski definition) is 0. The zero-order chi connectivity index (χ0) is 38.6. The molecule has 59 heavy (non-hydrogen) atoms. The van der Waals surface area contributed by atoms with Gasteiger partial charge in [0.25, 0.3) is 0 Å². The van der Waals surface area contributed by atoms with Gasteiger partial charge in [0.15, 0.2) is 17.5 Å². The molecule has 3 nitrogen and oxygen atoms in total. The van der Waals surface area contributed by atoms with E-state index in [0.717, 1.165) is 27.5 Å². The Hall–Kier alpha value is -7.53. The van der Waals surface area contributed by atoms with Crippen molar-refractivity contribution >= 4 is 107 Å². The van der Waals surface area contributed by atoms with Crippen LogP contribution in [0, 0.1) is 0 Å². The number of benzene rings is 11. The maximum absolute atomic E-state index is 5.46. The van der Waals surface area contributed by atoms with E-state index in [1.807, 2.05) is 11.3 Å². The largest absolute Gasteiger partial charge is 0.208 e. The van der Waals surface area contributed by atoms with Gasteiger partial charge in [-0.15, -0.1) is 11.3 Å². The van der Waals surface area contributed by atoms with Crippen LogP contribution >= 0.6 is 11.3 Å². The van der Waals surface area contributed by atoms with Crippen LogP contribution in [0.2, 0.25) is 0 Å². The molecule has 0 aliphatic heterocycles. The Kier molecular flexibility index (Phi) is 6.89. The number of aromatic nitrogens is 3. The van der Waals surface area contributed by atoms with Crippen molar-refractivity contribution in [2.75, 3.05) is 0 Å². The Morgan fingerprint density at radius 2 is 0.780 bits per heavy atom. The summed E-state index contributed by atoms with van der Waals surface area (Å²) in [7, 11) is 0. The Morgan fingerprint density at radius 1 is 0.288 bits per heavy atom. The van der Waals surface area contributed by atoms with Crippen LogP contribution in [0.3, 0.4) is 0 Å². The zero-order valence-electron chi connectivity index (χ0n) is 31.6. The molecule has 0 N–H and O–H groups in total. The van der Waals surface area contributed by atoms with Crippen LogP contribution in [0.1, 0.15) is 0 Å². The molecule has 2 aromatic heterocycles. The third-order valence-corrected chi connectivity index (χ3v) is 13.4. The van der Waals surface area contributed by atoms with Crippen molar-refractivity contribution in [2.24, 2.45) is 0 Å². The van der Waals surface area contributed by atoms with Gasteiger partial charge in [0, 0.05) is 42.2 Å².